The largest absolute Gasteiger partial charge is 0.366 e. The lowest BCUT2D eigenvalue weighted by Crippen LogP contribution is -2.35. The summed E-state index contributed by atoms with van der Waals surface area (Å²) in [6.07, 6.45) is 2.22. The first-order valence-electron chi connectivity index (χ1n) is 6.02. The van der Waals surface area contributed by atoms with E-state index in [0.29, 0.717) is 18.7 Å². The van der Waals surface area contributed by atoms with Crippen molar-refractivity contribution in [2.75, 3.05) is 19.6 Å². The number of thiophene rings is 1. The quantitative estimate of drug-likeness (QED) is 0.818. The Morgan fingerprint density at radius 2 is 2.11 bits per heavy atom. The van der Waals surface area contributed by atoms with Crippen LogP contribution in [0.15, 0.2) is 11.4 Å². The molecular weight excluding hydrogens is 250 g/mol. The number of carbonyl (C=O) groups is 2. The predicted octanol–water partition coefficient (Wildman–Crippen LogP) is 0.559. The van der Waals surface area contributed by atoms with E-state index in [2.05, 4.69) is 5.32 Å². The van der Waals surface area contributed by atoms with Crippen molar-refractivity contribution in [1.82, 2.24) is 10.2 Å². The van der Waals surface area contributed by atoms with Gasteiger partial charge in [0.05, 0.1) is 12.1 Å². The third kappa shape index (κ3) is 3.30. The van der Waals surface area contributed by atoms with Gasteiger partial charge in [-0.25, -0.2) is 0 Å². The molecule has 1 fully saturated rings. The number of nitrogens with two attached hydrogens (primary N) is 1. The molecule has 1 aliphatic heterocycles. The minimum atomic E-state index is -0.411. The van der Waals surface area contributed by atoms with E-state index in [4.69, 9.17) is 5.73 Å². The fraction of sp³-hybridized carbons (Fsp3) is 0.500. The van der Waals surface area contributed by atoms with Crippen molar-refractivity contribution >= 4 is 23.2 Å². The molecule has 2 heterocycles. The second-order valence-corrected chi connectivity index (χ2v) is 5.35. The van der Waals surface area contributed by atoms with Crippen molar-refractivity contribution in [3.05, 3.63) is 21.9 Å². The summed E-state index contributed by atoms with van der Waals surface area (Å²) in [5, 5.41) is 4.84. The summed E-state index contributed by atoms with van der Waals surface area (Å²) in [6, 6.07) is 1.76. The Hall–Kier alpha value is -1.40. The summed E-state index contributed by atoms with van der Waals surface area (Å²) in [6.45, 7) is 2.71. The van der Waals surface area contributed by atoms with Crippen LogP contribution in [0.3, 0.4) is 0 Å². The zero-order valence-corrected chi connectivity index (χ0v) is 11.0. The van der Waals surface area contributed by atoms with Gasteiger partial charge in [0.15, 0.2) is 0 Å². The van der Waals surface area contributed by atoms with Crippen LogP contribution < -0.4 is 11.1 Å². The number of rotatable bonds is 5. The SMILES string of the molecule is NC(=O)c1csc(CNCC(=O)N2CCCC2)c1. The normalized spacial score (nSPS) is 15.0. The maximum absolute atomic E-state index is 11.7. The first kappa shape index (κ1) is 13.0. The molecule has 5 nitrogen and oxygen atoms in total. The molecule has 18 heavy (non-hydrogen) atoms. The second kappa shape index (κ2) is 5.97. The molecule has 2 rings (SSSR count). The molecular formula is C12H17N3O2S. The smallest absolute Gasteiger partial charge is 0.249 e. The van der Waals surface area contributed by atoms with Gasteiger partial charge in [-0.3, -0.25) is 9.59 Å². The van der Waals surface area contributed by atoms with Crippen molar-refractivity contribution in [3.63, 3.8) is 0 Å². The Morgan fingerprint density at radius 1 is 1.39 bits per heavy atom. The predicted molar refractivity (Wildman–Crippen MR) is 70.4 cm³/mol. The molecule has 1 aliphatic rings. The third-order valence-electron chi connectivity index (χ3n) is 2.97. The van der Waals surface area contributed by atoms with Crippen molar-refractivity contribution in [2.24, 2.45) is 5.73 Å². The van der Waals surface area contributed by atoms with Gasteiger partial charge in [0.2, 0.25) is 11.8 Å². The van der Waals surface area contributed by atoms with Crippen LogP contribution in [0.25, 0.3) is 0 Å². The van der Waals surface area contributed by atoms with Gasteiger partial charge in [-0.15, -0.1) is 11.3 Å². The van der Waals surface area contributed by atoms with Crippen LogP contribution in [-0.4, -0.2) is 36.3 Å². The fourth-order valence-corrected chi connectivity index (χ4v) is 2.82. The van der Waals surface area contributed by atoms with Crippen LogP contribution >= 0.6 is 11.3 Å². The van der Waals surface area contributed by atoms with Crippen LogP contribution in [0.2, 0.25) is 0 Å². The molecule has 0 radical (unpaired) electrons. The summed E-state index contributed by atoms with van der Waals surface area (Å²) in [4.78, 5) is 25.6. The van der Waals surface area contributed by atoms with E-state index in [1.165, 1.54) is 11.3 Å². The van der Waals surface area contributed by atoms with Crippen molar-refractivity contribution in [2.45, 2.75) is 19.4 Å². The summed E-state index contributed by atoms with van der Waals surface area (Å²) >= 11 is 1.47. The molecule has 0 aliphatic carbocycles. The average Bonchev–Trinajstić information content (AvgIpc) is 3.00. The highest BCUT2D eigenvalue weighted by Gasteiger charge is 2.17. The Kier molecular flexibility index (Phi) is 4.33. The van der Waals surface area contributed by atoms with Gasteiger partial charge in [-0.05, 0) is 18.9 Å². The van der Waals surface area contributed by atoms with Crippen molar-refractivity contribution in [1.29, 1.82) is 0 Å². The van der Waals surface area contributed by atoms with Crippen LogP contribution in [0.4, 0.5) is 0 Å². The number of likely N-dealkylation sites (tertiary alicyclic amines) is 1. The molecule has 0 bridgehead atoms. The van der Waals surface area contributed by atoms with E-state index >= 15 is 0 Å². The first-order valence-corrected chi connectivity index (χ1v) is 6.90. The molecule has 1 saturated heterocycles. The number of hydrogen-bond acceptors (Lipinski definition) is 4. The Balaban J connectivity index is 1.74. The van der Waals surface area contributed by atoms with Crippen LogP contribution in [0.1, 0.15) is 28.1 Å². The Bertz CT molecular complexity index is 438. The maximum atomic E-state index is 11.7. The van der Waals surface area contributed by atoms with Crippen LogP contribution in [-0.2, 0) is 11.3 Å². The first-order chi connectivity index (χ1) is 8.66. The number of nitrogens with zero attached hydrogens (tertiary/aromatic N) is 1. The number of carbonyl (C=O) groups excluding carboxylic acids is 2. The van der Waals surface area contributed by atoms with Crippen molar-refractivity contribution in [3.8, 4) is 0 Å². The van der Waals surface area contributed by atoms with Gasteiger partial charge in [-0.2, -0.15) is 0 Å². The van der Waals surface area contributed by atoms with E-state index in [0.717, 1.165) is 30.8 Å². The van der Waals surface area contributed by atoms with Gasteiger partial charge >= 0.3 is 0 Å². The number of amides is 2. The molecule has 0 saturated carbocycles. The standard InChI is InChI=1S/C12H17N3O2S/c13-12(17)9-5-10(18-8-9)6-14-7-11(16)15-3-1-2-4-15/h5,8,14H,1-4,6-7H2,(H2,13,17). The summed E-state index contributed by atoms with van der Waals surface area (Å²) in [7, 11) is 0. The van der Waals surface area contributed by atoms with Gasteiger partial charge in [-0.1, -0.05) is 0 Å². The fourth-order valence-electron chi connectivity index (χ4n) is 1.97. The van der Waals surface area contributed by atoms with E-state index in [1.54, 1.807) is 11.4 Å². The van der Waals surface area contributed by atoms with Crippen molar-refractivity contribution < 1.29 is 9.59 Å². The van der Waals surface area contributed by atoms with E-state index < -0.39 is 5.91 Å². The molecule has 98 valence electrons. The molecule has 0 atom stereocenters. The highest BCUT2D eigenvalue weighted by Crippen LogP contribution is 2.14. The lowest BCUT2D eigenvalue weighted by Gasteiger charge is -2.15. The highest BCUT2D eigenvalue weighted by atomic mass is 32.1. The molecule has 0 unspecified atom stereocenters. The summed E-state index contributed by atoms with van der Waals surface area (Å²) in [5.74, 6) is -0.259. The molecule has 2 amide bonds. The average molecular weight is 267 g/mol. The van der Waals surface area contributed by atoms with E-state index in [1.807, 2.05) is 4.90 Å². The molecule has 3 N–H and O–H groups in total. The third-order valence-corrected chi connectivity index (χ3v) is 3.91. The number of nitrogens with one attached hydrogen (secondary N) is 1. The van der Waals surface area contributed by atoms with Gasteiger partial charge in [0.1, 0.15) is 0 Å². The lowest BCUT2D eigenvalue weighted by molar-refractivity contribution is -0.129. The molecule has 0 aromatic carbocycles. The number of primary amides is 1. The minimum Gasteiger partial charge on any atom is -0.366 e. The minimum absolute atomic E-state index is 0.152. The zero-order chi connectivity index (χ0) is 13.0. The summed E-state index contributed by atoms with van der Waals surface area (Å²) in [5.41, 5.74) is 5.70. The molecule has 0 spiro atoms. The zero-order valence-electron chi connectivity index (χ0n) is 10.1. The monoisotopic (exact) mass is 267 g/mol. The van der Waals surface area contributed by atoms with E-state index in [-0.39, 0.29) is 5.91 Å². The Morgan fingerprint density at radius 3 is 2.72 bits per heavy atom. The van der Waals surface area contributed by atoms with Crippen LogP contribution in [0, 0.1) is 0 Å². The second-order valence-electron chi connectivity index (χ2n) is 4.36. The lowest BCUT2D eigenvalue weighted by atomic mass is 10.3. The molecule has 6 heteroatoms. The van der Waals surface area contributed by atoms with E-state index in [9.17, 15) is 9.59 Å². The van der Waals surface area contributed by atoms with Gasteiger partial charge < -0.3 is 16.0 Å². The Labute approximate surface area is 110 Å². The van der Waals surface area contributed by atoms with Gasteiger partial charge in [0, 0.05) is 29.9 Å². The van der Waals surface area contributed by atoms with Crippen LogP contribution in [0.5, 0.6) is 0 Å². The molecule has 1 aromatic rings. The summed E-state index contributed by atoms with van der Waals surface area (Å²) < 4.78 is 0. The number of hydrogen-bond donors (Lipinski definition) is 2. The topological polar surface area (TPSA) is 75.4 Å². The van der Waals surface area contributed by atoms with Gasteiger partial charge in [0.25, 0.3) is 0 Å². The maximum Gasteiger partial charge on any atom is 0.249 e. The molecule has 1 aromatic heterocycles. The highest BCUT2D eigenvalue weighted by molar-refractivity contribution is 7.10.